The highest BCUT2D eigenvalue weighted by Gasteiger charge is 2.46. The Bertz CT molecular complexity index is 1430. The van der Waals surface area contributed by atoms with Crippen LogP contribution in [0.25, 0.3) is 0 Å². The van der Waals surface area contributed by atoms with Crippen molar-refractivity contribution in [3.63, 3.8) is 0 Å². The van der Waals surface area contributed by atoms with Crippen LogP contribution in [0, 0.1) is 0 Å². The molecular formula is C55H98O12S. The predicted molar refractivity (Wildman–Crippen MR) is 275 cm³/mol. The Hall–Kier alpha value is -2.39. The lowest BCUT2D eigenvalue weighted by Gasteiger charge is -2.40. The van der Waals surface area contributed by atoms with Crippen LogP contribution < -0.4 is 0 Å². The number of aliphatic hydroxyl groups excluding tert-OH is 3. The van der Waals surface area contributed by atoms with Crippen molar-refractivity contribution in [1.82, 2.24) is 0 Å². The topological polar surface area (TPSA) is 186 Å². The van der Waals surface area contributed by atoms with Gasteiger partial charge in [-0.25, -0.2) is 0 Å². The largest absolute Gasteiger partial charge is 0.462 e. The van der Waals surface area contributed by atoms with Gasteiger partial charge in [0.25, 0.3) is 10.1 Å². The van der Waals surface area contributed by atoms with Crippen molar-refractivity contribution >= 4 is 22.1 Å². The fourth-order valence-corrected chi connectivity index (χ4v) is 8.91. The summed E-state index contributed by atoms with van der Waals surface area (Å²) in [6, 6.07) is 0. The molecule has 1 fully saturated rings. The molecule has 0 amide bonds. The number of carbonyl (C=O) groups excluding carboxylic acids is 2. The minimum absolute atomic E-state index is 0.153. The summed E-state index contributed by atoms with van der Waals surface area (Å²) in [5.41, 5.74) is 0. The van der Waals surface area contributed by atoms with Crippen LogP contribution in [0.5, 0.6) is 0 Å². The third-order valence-corrected chi connectivity index (χ3v) is 13.1. The lowest BCUT2D eigenvalue weighted by molar-refractivity contribution is -0.297. The molecule has 13 heteroatoms. The van der Waals surface area contributed by atoms with Crippen molar-refractivity contribution in [2.45, 2.75) is 269 Å². The summed E-state index contributed by atoms with van der Waals surface area (Å²) < 4.78 is 54.3. The average molecular weight is 983 g/mol. The van der Waals surface area contributed by atoms with Gasteiger partial charge in [0.1, 0.15) is 36.8 Å². The minimum Gasteiger partial charge on any atom is -0.462 e. The molecule has 0 bridgehead atoms. The Balaban J connectivity index is 2.33. The minimum atomic E-state index is -4.61. The molecule has 0 saturated carbocycles. The molecule has 0 aliphatic carbocycles. The van der Waals surface area contributed by atoms with E-state index in [0.717, 1.165) is 83.5 Å². The second kappa shape index (κ2) is 44.5. The molecule has 1 aliphatic heterocycles. The lowest BCUT2D eigenvalue weighted by atomic mass is 10.00. The molecule has 68 heavy (non-hydrogen) atoms. The van der Waals surface area contributed by atoms with Gasteiger partial charge in [0, 0.05) is 12.8 Å². The predicted octanol–water partition coefficient (Wildman–Crippen LogP) is 12.7. The van der Waals surface area contributed by atoms with Crippen molar-refractivity contribution in [3.8, 4) is 0 Å². The van der Waals surface area contributed by atoms with Crippen molar-refractivity contribution in [2.75, 3.05) is 19.0 Å². The first-order chi connectivity index (χ1) is 33.0. The van der Waals surface area contributed by atoms with Gasteiger partial charge in [0.2, 0.25) is 0 Å². The van der Waals surface area contributed by atoms with Gasteiger partial charge in [-0.1, -0.05) is 197 Å². The smallest absolute Gasteiger partial charge is 0.306 e. The van der Waals surface area contributed by atoms with E-state index >= 15 is 0 Å². The van der Waals surface area contributed by atoms with Crippen LogP contribution in [-0.4, -0.2) is 96.0 Å². The monoisotopic (exact) mass is 983 g/mol. The second-order valence-electron chi connectivity index (χ2n) is 18.9. The first-order valence-electron chi connectivity index (χ1n) is 27.2. The number of unbranched alkanes of at least 4 members (excludes halogenated alkanes) is 26. The Kier molecular flexibility index (Phi) is 41.7. The first kappa shape index (κ1) is 63.6. The summed E-state index contributed by atoms with van der Waals surface area (Å²) >= 11 is 0. The second-order valence-corrected chi connectivity index (χ2v) is 20.4. The van der Waals surface area contributed by atoms with Crippen LogP contribution in [0.4, 0.5) is 0 Å². The van der Waals surface area contributed by atoms with Gasteiger partial charge in [0.05, 0.1) is 6.61 Å². The van der Waals surface area contributed by atoms with Crippen LogP contribution in [0.1, 0.15) is 232 Å². The lowest BCUT2D eigenvalue weighted by Crippen LogP contribution is -2.60. The summed E-state index contributed by atoms with van der Waals surface area (Å²) in [6.07, 6.45) is 45.8. The van der Waals surface area contributed by atoms with E-state index < -0.39 is 71.2 Å². The maximum atomic E-state index is 12.9. The average Bonchev–Trinajstić information content (AvgIpc) is 3.31. The maximum Gasteiger partial charge on any atom is 0.306 e. The van der Waals surface area contributed by atoms with E-state index in [1.54, 1.807) is 0 Å². The molecular weight excluding hydrogens is 885 g/mol. The fraction of sp³-hybridized carbons (Fsp3) is 0.818. The van der Waals surface area contributed by atoms with E-state index in [9.17, 15) is 37.9 Å². The first-order valence-corrected chi connectivity index (χ1v) is 28.8. The summed E-state index contributed by atoms with van der Waals surface area (Å²) in [5.74, 6) is -1.99. The molecule has 6 unspecified atom stereocenters. The maximum absolute atomic E-state index is 12.9. The van der Waals surface area contributed by atoms with Crippen LogP contribution in [0.3, 0.4) is 0 Å². The molecule has 396 valence electrons. The van der Waals surface area contributed by atoms with Crippen molar-refractivity contribution in [2.24, 2.45) is 0 Å². The Morgan fingerprint density at radius 2 is 0.926 bits per heavy atom. The highest BCUT2D eigenvalue weighted by molar-refractivity contribution is 7.85. The molecule has 0 spiro atoms. The van der Waals surface area contributed by atoms with Gasteiger partial charge < -0.3 is 34.3 Å². The third kappa shape index (κ3) is 38.4. The van der Waals surface area contributed by atoms with Gasteiger partial charge in [-0.15, -0.1) is 0 Å². The molecule has 0 aromatic heterocycles. The van der Waals surface area contributed by atoms with Crippen LogP contribution in [0.15, 0.2) is 48.6 Å². The van der Waals surface area contributed by atoms with Gasteiger partial charge in [-0.3, -0.25) is 14.1 Å². The molecule has 0 aromatic carbocycles. The van der Waals surface area contributed by atoms with E-state index in [-0.39, 0.29) is 19.4 Å². The zero-order valence-electron chi connectivity index (χ0n) is 42.7. The highest BCUT2D eigenvalue weighted by Crippen LogP contribution is 2.24. The van der Waals surface area contributed by atoms with Crippen molar-refractivity contribution < 1.29 is 56.8 Å². The highest BCUT2D eigenvalue weighted by atomic mass is 32.2. The molecule has 0 aromatic rings. The van der Waals surface area contributed by atoms with E-state index in [1.807, 2.05) is 0 Å². The summed E-state index contributed by atoms with van der Waals surface area (Å²) in [7, 11) is -4.61. The van der Waals surface area contributed by atoms with E-state index in [1.165, 1.54) is 109 Å². The molecule has 4 N–H and O–H groups in total. The van der Waals surface area contributed by atoms with Crippen molar-refractivity contribution in [1.29, 1.82) is 0 Å². The number of allylic oxidation sites excluding steroid dienone is 8. The quantitative estimate of drug-likeness (QED) is 0.0196. The molecule has 1 heterocycles. The molecule has 6 atom stereocenters. The standard InChI is InChI=1S/C55H98O12S/c1-3-5-7-9-11-13-15-17-19-21-22-23-24-25-26-28-29-31-33-35-37-39-41-43-50(56)64-45-48(46-65-55-54(60)53(59)52(58)49(67-55)47-68(61,62)63)66-51(57)44-42-40-38-36-34-32-30-27-20-18-16-14-12-10-8-6-4-2/h6,8,12,14,18,20-22,48-49,52-55,58-60H,3-5,7,9-11,13,15-17,19,23-47H2,1-2H3,(H,61,62,63)/b8-6-,14-12-,20-18-,22-21-. The van der Waals surface area contributed by atoms with E-state index in [2.05, 4.69) is 62.5 Å². The Morgan fingerprint density at radius 3 is 1.40 bits per heavy atom. The number of hydrogen-bond acceptors (Lipinski definition) is 11. The Labute approximate surface area is 413 Å². The number of carbonyl (C=O) groups is 2. The zero-order valence-corrected chi connectivity index (χ0v) is 43.5. The van der Waals surface area contributed by atoms with Crippen LogP contribution in [-0.2, 0) is 38.7 Å². The summed E-state index contributed by atoms with van der Waals surface area (Å²) in [4.78, 5) is 25.6. The van der Waals surface area contributed by atoms with E-state index in [4.69, 9.17) is 18.9 Å². The van der Waals surface area contributed by atoms with Crippen LogP contribution >= 0.6 is 0 Å². The SMILES string of the molecule is CC/C=C\C/C=C\C/C=C\CCCCCCCCCC(=O)OC(COC(=O)CCCCCCCCCCCCC/C=C\CCCCCCCCCC)COC1OC(CS(=O)(=O)O)C(O)C(O)C1O. The number of ether oxygens (including phenoxy) is 4. The van der Waals surface area contributed by atoms with Crippen molar-refractivity contribution in [3.05, 3.63) is 48.6 Å². The Morgan fingerprint density at radius 1 is 0.515 bits per heavy atom. The van der Waals surface area contributed by atoms with Gasteiger partial charge in [-0.2, -0.15) is 8.42 Å². The van der Waals surface area contributed by atoms with Gasteiger partial charge in [0.15, 0.2) is 12.4 Å². The molecule has 1 aliphatic rings. The normalized spacial score (nSPS) is 19.5. The van der Waals surface area contributed by atoms with Crippen LogP contribution in [0.2, 0.25) is 0 Å². The number of aliphatic hydroxyl groups is 3. The number of rotatable bonds is 46. The molecule has 12 nitrogen and oxygen atoms in total. The fourth-order valence-electron chi connectivity index (χ4n) is 8.22. The van der Waals surface area contributed by atoms with E-state index in [0.29, 0.717) is 12.8 Å². The summed E-state index contributed by atoms with van der Waals surface area (Å²) in [5, 5.41) is 31.0. The molecule has 0 radical (unpaired) electrons. The summed E-state index contributed by atoms with van der Waals surface area (Å²) in [6.45, 7) is 3.67. The molecule has 1 rings (SSSR count). The number of hydrogen-bond donors (Lipinski definition) is 4. The zero-order chi connectivity index (χ0) is 49.8. The molecule has 1 saturated heterocycles. The number of esters is 2. The third-order valence-electron chi connectivity index (χ3n) is 12.4. The van der Waals surface area contributed by atoms with Gasteiger partial charge in [-0.05, 0) is 70.6 Å². The van der Waals surface area contributed by atoms with Gasteiger partial charge >= 0.3 is 11.9 Å².